The van der Waals surface area contributed by atoms with Crippen molar-refractivity contribution in [3.63, 3.8) is 0 Å². The van der Waals surface area contributed by atoms with E-state index in [1.54, 1.807) is 42.8 Å². The van der Waals surface area contributed by atoms with E-state index in [1.165, 1.54) is 22.0 Å². The van der Waals surface area contributed by atoms with Gasteiger partial charge in [0.15, 0.2) is 0 Å². The zero-order valence-electron chi connectivity index (χ0n) is 12.3. The molecule has 0 radical (unpaired) electrons. The first-order valence-corrected chi connectivity index (χ1v) is 7.77. The van der Waals surface area contributed by atoms with Gasteiger partial charge in [-0.05, 0) is 30.7 Å². The van der Waals surface area contributed by atoms with Crippen molar-refractivity contribution in [2.24, 2.45) is 0 Å². The number of benzene rings is 1. The molecule has 0 bridgehead atoms. The summed E-state index contributed by atoms with van der Waals surface area (Å²) in [6.45, 7) is 1.97. The van der Waals surface area contributed by atoms with Crippen LogP contribution >= 0.6 is 11.3 Å². The van der Waals surface area contributed by atoms with Crippen molar-refractivity contribution < 1.29 is 4.39 Å². The lowest BCUT2D eigenvalue weighted by atomic mass is 10.2. The second-order valence-corrected chi connectivity index (χ2v) is 5.90. The van der Waals surface area contributed by atoms with Crippen LogP contribution in [0, 0.1) is 24.1 Å². The lowest BCUT2D eigenvalue weighted by molar-refractivity contribution is 0.631. The normalized spacial score (nSPS) is 10.5. The number of aromatic nitrogens is 2. The van der Waals surface area contributed by atoms with Crippen molar-refractivity contribution in [3.05, 3.63) is 74.9 Å². The summed E-state index contributed by atoms with van der Waals surface area (Å²) in [4.78, 5) is 16.6. The van der Waals surface area contributed by atoms with Crippen molar-refractivity contribution in [3.8, 4) is 16.6 Å². The molecule has 0 fully saturated rings. The number of halogens is 1. The predicted octanol–water partition coefficient (Wildman–Crippen LogP) is 3.34. The molecule has 114 valence electrons. The van der Waals surface area contributed by atoms with E-state index in [0.717, 1.165) is 0 Å². The third-order valence-corrected chi connectivity index (χ3v) is 4.40. The van der Waals surface area contributed by atoms with Crippen molar-refractivity contribution in [1.29, 1.82) is 5.26 Å². The Labute approximate surface area is 136 Å². The smallest absolute Gasteiger partial charge is 0.269 e. The number of nitriles is 1. The number of pyridine rings is 1. The van der Waals surface area contributed by atoms with Gasteiger partial charge in [-0.3, -0.25) is 4.79 Å². The summed E-state index contributed by atoms with van der Waals surface area (Å²) in [6.07, 6.45) is 1.64. The van der Waals surface area contributed by atoms with Crippen molar-refractivity contribution in [1.82, 2.24) is 9.55 Å². The summed E-state index contributed by atoms with van der Waals surface area (Å²) in [5, 5.41) is 11.4. The molecule has 0 spiro atoms. The highest BCUT2D eigenvalue weighted by molar-refractivity contribution is 7.13. The summed E-state index contributed by atoms with van der Waals surface area (Å²) >= 11 is 1.32. The third-order valence-electron chi connectivity index (χ3n) is 3.47. The summed E-state index contributed by atoms with van der Waals surface area (Å²) < 4.78 is 15.2. The van der Waals surface area contributed by atoms with Crippen LogP contribution < -0.4 is 5.56 Å². The molecular weight excluding hydrogens is 313 g/mol. The molecule has 3 aromatic rings. The summed E-state index contributed by atoms with van der Waals surface area (Å²) in [5.74, 6) is -0.326. The Kier molecular flexibility index (Phi) is 4.04. The monoisotopic (exact) mass is 325 g/mol. The molecule has 0 atom stereocenters. The zero-order chi connectivity index (χ0) is 16.4. The van der Waals surface area contributed by atoms with Crippen molar-refractivity contribution in [2.75, 3.05) is 0 Å². The number of hydrogen-bond donors (Lipinski definition) is 0. The van der Waals surface area contributed by atoms with Gasteiger partial charge in [0.05, 0.1) is 12.2 Å². The van der Waals surface area contributed by atoms with Crippen LogP contribution in [0.2, 0.25) is 0 Å². The standard InChI is InChI=1S/C17H12FN3OS/c1-11-6-7-21(17(22)14(11)8-19)9-12-10-23-16(20-12)13-4-2-3-5-15(13)18/h2-7,10H,9H2,1H3. The van der Waals surface area contributed by atoms with Gasteiger partial charge in [0.2, 0.25) is 0 Å². The number of rotatable bonds is 3. The van der Waals surface area contributed by atoms with Gasteiger partial charge in [0, 0.05) is 17.1 Å². The maximum Gasteiger partial charge on any atom is 0.269 e. The van der Waals surface area contributed by atoms with E-state index in [1.807, 2.05) is 6.07 Å². The predicted molar refractivity (Wildman–Crippen MR) is 86.8 cm³/mol. The number of hydrogen-bond acceptors (Lipinski definition) is 4. The SMILES string of the molecule is Cc1ccn(Cc2csc(-c3ccccc3F)n2)c(=O)c1C#N. The third kappa shape index (κ3) is 2.91. The lowest BCUT2D eigenvalue weighted by Crippen LogP contribution is -2.23. The maximum atomic E-state index is 13.8. The van der Waals surface area contributed by atoms with Gasteiger partial charge in [-0.25, -0.2) is 9.37 Å². The van der Waals surface area contributed by atoms with E-state index in [4.69, 9.17) is 5.26 Å². The Bertz CT molecular complexity index is 968. The van der Waals surface area contributed by atoms with Gasteiger partial charge in [-0.2, -0.15) is 5.26 Å². The van der Waals surface area contributed by atoms with Gasteiger partial charge in [-0.1, -0.05) is 12.1 Å². The Morgan fingerprint density at radius 1 is 1.35 bits per heavy atom. The average Bonchev–Trinajstić information content (AvgIpc) is 2.99. The summed E-state index contributed by atoms with van der Waals surface area (Å²) in [7, 11) is 0. The van der Waals surface area contributed by atoms with E-state index in [9.17, 15) is 9.18 Å². The molecule has 0 aliphatic heterocycles. The summed E-state index contributed by atoms with van der Waals surface area (Å²) in [6, 6.07) is 10.1. The zero-order valence-corrected chi connectivity index (χ0v) is 13.1. The molecule has 0 amide bonds. The molecule has 0 saturated carbocycles. The number of thiazole rings is 1. The van der Waals surface area contributed by atoms with Gasteiger partial charge in [-0.15, -0.1) is 11.3 Å². The maximum absolute atomic E-state index is 13.8. The Morgan fingerprint density at radius 2 is 2.13 bits per heavy atom. The molecule has 2 aromatic heterocycles. The molecule has 0 aliphatic rings. The van der Waals surface area contributed by atoms with E-state index in [2.05, 4.69) is 4.98 Å². The first-order chi connectivity index (χ1) is 11.1. The first kappa shape index (κ1) is 15.1. The fraction of sp³-hybridized carbons (Fsp3) is 0.118. The van der Waals surface area contributed by atoms with Gasteiger partial charge in [0.25, 0.3) is 5.56 Å². The molecule has 6 heteroatoms. The van der Waals surface area contributed by atoms with Gasteiger partial charge in [0.1, 0.15) is 22.5 Å². The molecule has 3 rings (SSSR count). The van der Waals surface area contributed by atoms with Crippen LogP contribution in [0.1, 0.15) is 16.8 Å². The van der Waals surface area contributed by atoms with Gasteiger partial charge < -0.3 is 4.57 Å². The van der Waals surface area contributed by atoms with Crippen LogP contribution in [0.4, 0.5) is 4.39 Å². The molecule has 23 heavy (non-hydrogen) atoms. The minimum absolute atomic E-state index is 0.136. The van der Waals surface area contributed by atoms with Crippen LogP contribution in [-0.4, -0.2) is 9.55 Å². The van der Waals surface area contributed by atoms with E-state index < -0.39 is 0 Å². The van der Waals surface area contributed by atoms with Crippen molar-refractivity contribution >= 4 is 11.3 Å². The average molecular weight is 325 g/mol. The van der Waals surface area contributed by atoms with E-state index in [0.29, 0.717) is 21.8 Å². The molecular formula is C17H12FN3OS. The number of aryl methyl sites for hydroxylation is 1. The minimum Gasteiger partial charge on any atom is -0.308 e. The highest BCUT2D eigenvalue weighted by Gasteiger charge is 2.11. The number of nitrogens with zero attached hydrogens (tertiary/aromatic N) is 3. The second kappa shape index (κ2) is 6.15. The molecule has 2 heterocycles. The second-order valence-electron chi connectivity index (χ2n) is 5.04. The Balaban J connectivity index is 1.93. The molecule has 0 unspecified atom stereocenters. The molecule has 4 nitrogen and oxygen atoms in total. The van der Waals surface area contributed by atoms with E-state index >= 15 is 0 Å². The Hall–Kier alpha value is -2.78. The lowest BCUT2D eigenvalue weighted by Gasteiger charge is -2.05. The van der Waals surface area contributed by atoms with Crippen LogP contribution in [0.25, 0.3) is 10.6 Å². The first-order valence-electron chi connectivity index (χ1n) is 6.89. The molecule has 0 saturated heterocycles. The van der Waals surface area contributed by atoms with E-state index in [-0.39, 0.29) is 23.5 Å². The van der Waals surface area contributed by atoms with Gasteiger partial charge >= 0.3 is 0 Å². The highest BCUT2D eigenvalue weighted by Crippen LogP contribution is 2.26. The van der Waals surface area contributed by atoms with Crippen LogP contribution in [0.5, 0.6) is 0 Å². The van der Waals surface area contributed by atoms with Crippen LogP contribution in [0.15, 0.2) is 46.7 Å². The molecule has 0 aliphatic carbocycles. The fourth-order valence-corrected chi connectivity index (χ4v) is 3.08. The van der Waals surface area contributed by atoms with Crippen LogP contribution in [-0.2, 0) is 6.54 Å². The Morgan fingerprint density at radius 3 is 2.87 bits per heavy atom. The van der Waals surface area contributed by atoms with Crippen molar-refractivity contribution in [2.45, 2.75) is 13.5 Å². The van der Waals surface area contributed by atoms with Crippen LogP contribution in [0.3, 0.4) is 0 Å². The molecule has 1 aromatic carbocycles. The quantitative estimate of drug-likeness (QED) is 0.742. The highest BCUT2D eigenvalue weighted by atomic mass is 32.1. The summed E-state index contributed by atoms with van der Waals surface area (Å²) in [5.41, 5.74) is 1.55. The largest absolute Gasteiger partial charge is 0.308 e. The molecule has 0 N–H and O–H groups in total. The minimum atomic E-state index is -0.340. The fourth-order valence-electron chi connectivity index (χ4n) is 2.24. The topological polar surface area (TPSA) is 58.7 Å².